The van der Waals surface area contributed by atoms with Crippen LogP contribution in [0.5, 0.6) is 0 Å². The van der Waals surface area contributed by atoms with Crippen molar-refractivity contribution in [3.8, 4) is 0 Å². The Labute approximate surface area is 117 Å². The summed E-state index contributed by atoms with van der Waals surface area (Å²) >= 11 is 5.57. The first-order valence-corrected chi connectivity index (χ1v) is 5.92. The van der Waals surface area contributed by atoms with E-state index in [1.807, 2.05) is 0 Å². The SMILES string of the molecule is Cc1c(F)cccc1Nc1cc(C(F)(F)F)cc(Cl)n1. The zero-order valence-electron chi connectivity index (χ0n) is 10.2. The van der Waals surface area contributed by atoms with E-state index in [-0.39, 0.29) is 16.5 Å². The number of nitrogens with one attached hydrogen (secondary N) is 1. The van der Waals surface area contributed by atoms with E-state index in [1.165, 1.54) is 25.1 Å². The number of pyridine rings is 1. The molecule has 1 aromatic carbocycles. The maximum atomic E-state index is 13.4. The lowest BCUT2D eigenvalue weighted by atomic mass is 10.2. The van der Waals surface area contributed by atoms with Crippen LogP contribution in [0.1, 0.15) is 11.1 Å². The van der Waals surface area contributed by atoms with Crippen molar-refractivity contribution in [3.63, 3.8) is 0 Å². The van der Waals surface area contributed by atoms with Crippen molar-refractivity contribution < 1.29 is 17.6 Å². The van der Waals surface area contributed by atoms with Gasteiger partial charge in [-0.15, -0.1) is 0 Å². The van der Waals surface area contributed by atoms with Gasteiger partial charge in [-0.1, -0.05) is 17.7 Å². The molecule has 7 heteroatoms. The third-order valence-electron chi connectivity index (χ3n) is 2.65. The van der Waals surface area contributed by atoms with Crippen molar-refractivity contribution in [1.82, 2.24) is 4.98 Å². The third kappa shape index (κ3) is 3.19. The molecular weight excluding hydrogens is 296 g/mol. The highest BCUT2D eigenvalue weighted by atomic mass is 35.5. The number of halogens is 5. The van der Waals surface area contributed by atoms with Gasteiger partial charge in [-0.3, -0.25) is 0 Å². The summed E-state index contributed by atoms with van der Waals surface area (Å²) in [6, 6.07) is 5.78. The topological polar surface area (TPSA) is 24.9 Å². The molecule has 1 heterocycles. The Kier molecular flexibility index (Phi) is 3.85. The molecule has 0 aliphatic carbocycles. The van der Waals surface area contributed by atoms with Crippen LogP contribution in [0, 0.1) is 12.7 Å². The smallest absolute Gasteiger partial charge is 0.340 e. The molecule has 0 amide bonds. The van der Waals surface area contributed by atoms with E-state index in [9.17, 15) is 17.6 Å². The van der Waals surface area contributed by atoms with E-state index in [1.54, 1.807) is 0 Å². The van der Waals surface area contributed by atoms with Crippen LogP contribution in [-0.4, -0.2) is 4.98 Å². The Morgan fingerprint density at radius 1 is 1.20 bits per heavy atom. The Bertz CT molecular complexity index is 641. The summed E-state index contributed by atoms with van der Waals surface area (Å²) in [5, 5.41) is 2.34. The van der Waals surface area contributed by atoms with Crippen molar-refractivity contribution >= 4 is 23.1 Å². The zero-order chi connectivity index (χ0) is 14.9. The molecular formula is C13H9ClF4N2. The zero-order valence-corrected chi connectivity index (χ0v) is 11.0. The Morgan fingerprint density at radius 3 is 2.55 bits per heavy atom. The average molecular weight is 305 g/mol. The predicted octanol–water partition coefficient (Wildman–Crippen LogP) is 4.94. The monoisotopic (exact) mass is 304 g/mol. The van der Waals surface area contributed by atoms with Crippen LogP contribution in [0.2, 0.25) is 5.15 Å². The summed E-state index contributed by atoms with van der Waals surface area (Å²) < 4.78 is 51.3. The molecule has 1 aromatic heterocycles. The van der Waals surface area contributed by atoms with Gasteiger partial charge >= 0.3 is 6.18 Å². The molecule has 0 saturated heterocycles. The molecule has 0 spiro atoms. The maximum absolute atomic E-state index is 13.4. The van der Waals surface area contributed by atoms with Crippen LogP contribution in [0.3, 0.4) is 0 Å². The van der Waals surface area contributed by atoms with Crippen LogP contribution in [0.4, 0.5) is 29.1 Å². The van der Waals surface area contributed by atoms with E-state index in [4.69, 9.17) is 11.6 Å². The van der Waals surface area contributed by atoms with Crippen LogP contribution in [0.25, 0.3) is 0 Å². The highest BCUT2D eigenvalue weighted by molar-refractivity contribution is 6.29. The van der Waals surface area contributed by atoms with Crippen LogP contribution < -0.4 is 5.32 Å². The number of alkyl halides is 3. The number of benzene rings is 1. The lowest BCUT2D eigenvalue weighted by Crippen LogP contribution is -2.07. The maximum Gasteiger partial charge on any atom is 0.416 e. The summed E-state index contributed by atoms with van der Waals surface area (Å²) in [4.78, 5) is 3.75. The largest absolute Gasteiger partial charge is 0.416 e. The molecule has 2 nitrogen and oxygen atoms in total. The molecule has 2 rings (SSSR count). The summed E-state index contributed by atoms with van der Waals surface area (Å²) in [6.07, 6.45) is -4.53. The molecule has 0 atom stereocenters. The fraction of sp³-hybridized carbons (Fsp3) is 0.154. The normalized spacial score (nSPS) is 11.5. The van der Waals surface area contributed by atoms with Gasteiger partial charge in [0.15, 0.2) is 0 Å². The second kappa shape index (κ2) is 5.28. The first kappa shape index (κ1) is 14.6. The van der Waals surface area contributed by atoms with Crippen molar-refractivity contribution in [3.05, 3.63) is 52.4 Å². The lowest BCUT2D eigenvalue weighted by molar-refractivity contribution is -0.137. The van der Waals surface area contributed by atoms with Crippen molar-refractivity contribution in [2.45, 2.75) is 13.1 Å². The fourth-order valence-electron chi connectivity index (χ4n) is 1.61. The minimum Gasteiger partial charge on any atom is -0.340 e. The number of rotatable bonds is 2. The molecule has 0 aliphatic heterocycles. The van der Waals surface area contributed by atoms with Crippen LogP contribution in [0.15, 0.2) is 30.3 Å². The highest BCUT2D eigenvalue weighted by Gasteiger charge is 2.31. The van der Waals surface area contributed by atoms with Crippen LogP contribution in [-0.2, 0) is 6.18 Å². The second-order valence-electron chi connectivity index (χ2n) is 4.10. The van der Waals surface area contributed by atoms with E-state index < -0.39 is 17.6 Å². The highest BCUT2D eigenvalue weighted by Crippen LogP contribution is 2.33. The van der Waals surface area contributed by atoms with Gasteiger partial charge in [0.25, 0.3) is 0 Å². The lowest BCUT2D eigenvalue weighted by Gasteiger charge is -2.12. The molecule has 0 radical (unpaired) electrons. The number of nitrogens with zero attached hydrogens (tertiary/aromatic N) is 1. The quantitative estimate of drug-likeness (QED) is 0.627. The molecule has 0 bridgehead atoms. The third-order valence-corrected chi connectivity index (χ3v) is 2.85. The summed E-state index contributed by atoms with van der Waals surface area (Å²) in [5.74, 6) is -0.563. The predicted molar refractivity (Wildman–Crippen MR) is 68.7 cm³/mol. The molecule has 0 aliphatic rings. The molecule has 0 saturated carbocycles. The summed E-state index contributed by atoms with van der Waals surface area (Å²) in [6.45, 7) is 1.51. The van der Waals surface area contributed by atoms with E-state index in [0.29, 0.717) is 5.69 Å². The number of hydrogen-bond acceptors (Lipinski definition) is 2. The molecule has 20 heavy (non-hydrogen) atoms. The molecule has 0 unspecified atom stereocenters. The fourth-order valence-corrected chi connectivity index (χ4v) is 1.81. The molecule has 2 aromatic rings. The standard InChI is InChI=1S/C13H9ClF4N2/c1-7-9(15)3-2-4-10(7)19-12-6-8(13(16,17)18)5-11(14)20-12/h2-6H,1H3,(H,19,20). The molecule has 106 valence electrons. The van der Waals surface area contributed by atoms with Gasteiger partial charge in [0.2, 0.25) is 0 Å². The van der Waals surface area contributed by atoms with E-state index in [0.717, 1.165) is 12.1 Å². The van der Waals surface area contributed by atoms with Crippen LogP contribution >= 0.6 is 11.6 Å². The number of hydrogen-bond donors (Lipinski definition) is 1. The average Bonchev–Trinajstić information content (AvgIpc) is 2.33. The van der Waals surface area contributed by atoms with Gasteiger partial charge in [-0.25, -0.2) is 9.37 Å². The van der Waals surface area contributed by atoms with Crippen molar-refractivity contribution in [1.29, 1.82) is 0 Å². The minimum absolute atomic E-state index is 0.0986. The van der Waals surface area contributed by atoms with Gasteiger partial charge in [0, 0.05) is 11.3 Å². The van der Waals surface area contributed by atoms with Gasteiger partial charge in [-0.05, 0) is 31.2 Å². The Morgan fingerprint density at radius 2 is 1.90 bits per heavy atom. The van der Waals surface area contributed by atoms with Gasteiger partial charge in [-0.2, -0.15) is 13.2 Å². The minimum atomic E-state index is -4.53. The van der Waals surface area contributed by atoms with Crippen molar-refractivity contribution in [2.75, 3.05) is 5.32 Å². The molecule has 1 N–H and O–H groups in total. The van der Waals surface area contributed by atoms with Crippen molar-refractivity contribution in [2.24, 2.45) is 0 Å². The van der Waals surface area contributed by atoms with Gasteiger partial charge < -0.3 is 5.32 Å². The number of anilines is 2. The second-order valence-corrected chi connectivity index (χ2v) is 4.49. The van der Waals surface area contributed by atoms with Gasteiger partial charge in [0.1, 0.15) is 16.8 Å². The first-order valence-electron chi connectivity index (χ1n) is 5.54. The summed E-state index contributed by atoms with van der Waals surface area (Å²) in [7, 11) is 0. The molecule has 0 fully saturated rings. The Balaban J connectivity index is 2.39. The number of aromatic nitrogens is 1. The Hall–Kier alpha value is -1.82. The van der Waals surface area contributed by atoms with E-state index >= 15 is 0 Å². The first-order chi connectivity index (χ1) is 9.27. The van der Waals surface area contributed by atoms with Gasteiger partial charge in [0.05, 0.1) is 5.56 Å². The summed E-state index contributed by atoms with van der Waals surface area (Å²) in [5.41, 5.74) is -0.315. The van der Waals surface area contributed by atoms with E-state index in [2.05, 4.69) is 10.3 Å².